The summed E-state index contributed by atoms with van der Waals surface area (Å²) < 4.78 is 7.17. The maximum absolute atomic E-state index is 10.7. The minimum atomic E-state index is 0.219. The SMILES string of the molecule is COC1CN(c2ncc3c(O)n(Cc4ccc5c(c4)CCNCC5)cc3n2)C1. The molecule has 2 aromatic heterocycles. The molecule has 1 fully saturated rings. The molecule has 5 rings (SSSR count). The maximum atomic E-state index is 10.7. The van der Waals surface area contributed by atoms with Crippen LogP contribution in [-0.2, 0) is 24.1 Å². The quantitative estimate of drug-likeness (QED) is 0.719. The van der Waals surface area contributed by atoms with E-state index in [-0.39, 0.29) is 12.0 Å². The first kappa shape index (κ1) is 17.5. The van der Waals surface area contributed by atoms with Crippen molar-refractivity contribution in [2.75, 3.05) is 38.2 Å². The standard InChI is InChI=1S/C21H25N5O2/c1-28-17-11-26(12-17)21-23-9-18-19(24-21)13-25(20(18)27)10-14-2-3-15-4-6-22-7-5-16(15)8-14/h2-3,8-9,13,17,22,27H,4-7,10-12H2,1H3. The average molecular weight is 379 g/mol. The second kappa shape index (κ2) is 7.07. The van der Waals surface area contributed by atoms with Crippen LogP contribution in [0.5, 0.6) is 5.88 Å². The van der Waals surface area contributed by atoms with Gasteiger partial charge in [-0.05, 0) is 42.6 Å². The molecule has 2 aliphatic heterocycles. The van der Waals surface area contributed by atoms with Crippen LogP contribution in [0.25, 0.3) is 10.9 Å². The van der Waals surface area contributed by atoms with Crippen molar-refractivity contribution >= 4 is 16.9 Å². The monoisotopic (exact) mass is 379 g/mol. The van der Waals surface area contributed by atoms with Gasteiger partial charge in [0.25, 0.3) is 0 Å². The molecule has 2 aliphatic rings. The van der Waals surface area contributed by atoms with E-state index in [1.54, 1.807) is 13.3 Å². The van der Waals surface area contributed by atoms with Gasteiger partial charge in [-0.2, -0.15) is 0 Å². The molecular weight excluding hydrogens is 354 g/mol. The fraction of sp³-hybridized carbons (Fsp3) is 0.429. The van der Waals surface area contributed by atoms with Crippen LogP contribution in [0.1, 0.15) is 16.7 Å². The van der Waals surface area contributed by atoms with Gasteiger partial charge in [-0.15, -0.1) is 0 Å². The number of aromatic nitrogens is 3. The first-order valence-electron chi connectivity index (χ1n) is 9.85. The second-order valence-corrected chi connectivity index (χ2v) is 7.67. The third kappa shape index (κ3) is 3.10. The Morgan fingerprint density at radius 2 is 2.04 bits per heavy atom. The molecule has 1 aromatic carbocycles. The zero-order chi connectivity index (χ0) is 19.1. The Labute approximate surface area is 164 Å². The third-order valence-corrected chi connectivity index (χ3v) is 5.83. The van der Waals surface area contributed by atoms with Gasteiger partial charge < -0.3 is 24.6 Å². The van der Waals surface area contributed by atoms with Crippen LogP contribution in [0.2, 0.25) is 0 Å². The smallest absolute Gasteiger partial charge is 0.226 e. The Hall–Kier alpha value is -2.64. The molecule has 0 atom stereocenters. The van der Waals surface area contributed by atoms with Crippen molar-refractivity contribution in [3.05, 3.63) is 47.3 Å². The molecule has 0 bridgehead atoms. The van der Waals surface area contributed by atoms with Crippen LogP contribution >= 0.6 is 0 Å². The van der Waals surface area contributed by atoms with Crippen LogP contribution in [0.3, 0.4) is 0 Å². The van der Waals surface area contributed by atoms with Gasteiger partial charge in [0.2, 0.25) is 11.8 Å². The fourth-order valence-corrected chi connectivity index (χ4v) is 4.06. The van der Waals surface area contributed by atoms with E-state index >= 15 is 0 Å². The van der Waals surface area contributed by atoms with Crippen LogP contribution in [-0.4, -0.2) is 59.0 Å². The Kier molecular flexibility index (Phi) is 4.41. The summed E-state index contributed by atoms with van der Waals surface area (Å²) in [5.41, 5.74) is 4.79. The van der Waals surface area contributed by atoms with Crippen molar-refractivity contribution in [2.24, 2.45) is 0 Å². The lowest BCUT2D eigenvalue weighted by Gasteiger charge is -2.37. The molecular formula is C21H25N5O2. The molecule has 0 unspecified atom stereocenters. The first-order chi connectivity index (χ1) is 13.7. The normalized spacial score (nSPS) is 17.4. The van der Waals surface area contributed by atoms with E-state index < -0.39 is 0 Å². The molecule has 2 N–H and O–H groups in total. The number of benzene rings is 1. The lowest BCUT2D eigenvalue weighted by molar-refractivity contribution is 0.0778. The number of fused-ring (bicyclic) bond motifs is 2. The van der Waals surface area contributed by atoms with Gasteiger partial charge in [0.15, 0.2) is 0 Å². The summed E-state index contributed by atoms with van der Waals surface area (Å²) in [6.45, 7) is 4.29. The molecule has 0 aliphatic carbocycles. The third-order valence-electron chi connectivity index (χ3n) is 5.83. The van der Waals surface area contributed by atoms with Crippen molar-refractivity contribution in [2.45, 2.75) is 25.5 Å². The Morgan fingerprint density at radius 3 is 2.86 bits per heavy atom. The number of hydrogen-bond acceptors (Lipinski definition) is 6. The van der Waals surface area contributed by atoms with E-state index in [0.717, 1.165) is 44.5 Å². The van der Waals surface area contributed by atoms with Gasteiger partial charge in [-0.3, -0.25) is 0 Å². The van der Waals surface area contributed by atoms with Gasteiger partial charge in [-0.25, -0.2) is 9.97 Å². The van der Waals surface area contributed by atoms with E-state index in [0.29, 0.717) is 17.9 Å². The Balaban J connectivity index is 1.40. The summed E-state index contributed by atoms with van der Waals surface area (Å²) in [5.74, 6) is 0.909. The fourth-order valence-electron chi connectivity index (χ4n) is 4.06. The van der Waals surface area contributed by atoms with Gasteiger partial charge in [0.05, 0.1) is 23.6 Å². The van der Waals surface area contributed by atoms with Gasteiger partial charge in [0, 0.05) is 32.6 Å². The number of rotatable bonds is 4. The minimum absolute atomic E-state index is 0.219. The van der Waals surface area contributed by atoms with Crippen LogP contribution in [0, 0.1) is 0 Å². The zero-order valence-electron chi connectivity index (χ0n) is 16.1. The average Bonchev–Trinajstić information content (AvgIpc) is 2.83. The summed E-state index contributed by atoms with van der Waals surface area (Å²) in [4.78, 5) is 11.2. The van der Waals surface area contributed by atoms with E-state index in [1.165, 1.54) is 16.7 Å². The molecule has 1 saturated heterocycles. The van der Waals surface area contributed by atoms with E-state index in [9.17, 15) is 5.11 Å². The van der Waals surface area contributed by atoms with Gasteiger partial charge >= 0.3 is 0 Å². The first-order valence-corrected chi connectivity index (χ1v) is 9.85. The molecule has 0 saturated carbocycles. The number of nitrogens with one attached hydrogen (secondary N) is 1. The number of nitrogens with zero attached hydrogens (tertiary/aromatic N) is 4. The summed E-state index contributed by atoms with van der Waals surface area (Å²) in [5, 5.41) is 14.8. The molecule has 7 nitrogen and oxygen atoms in total. The van der Waals surface area contributed by atoms with Gasteiger partial charge in [0.1, 0.15) is 0 Å². The predicted molar refractivity (Wildman–Crippen MR) is 108 cm³/mol. The summed E-state index contributed by atoms with van der Waals surface area (Å²) >= 11 is 0. The van der Waals surface area contributed by atoms with E-state index in [1.807, 2.05) is 10.8 Å². The number of ether oxygens (including phenoxy) is 1. The van der Waals surface area contributed by atoms with Crippen molar-refractivity contribution in [1.82, 2.24) is 19.9 Å². The van der Waals surface area contributed by atoms with Crippen molar-refractivity contribution in [3.63, 3.8) is 0 Å². The Morgan fingerprint density at radius 1 is 1.21 bits per heavy atom. The molecule has 0 spiro atoms. The van der Waals surface area contributed by atoms with Crippen molar-refractivity contribution in [1.29, 1.82) is 0 Å². The van der Waals surface area contributed by atoms with Crippen LogP contribution < -0.4 is 10.2 Å². The number of aromatic hydroxyl groups is 1. The largest absolute Gasteiger partial charge is 0.494 e. The maximum Gasteiger partial charge on any atom is 0.226 e. The predicted octanol–water partition coefficient (Wildman–Crippen LogP) is 1.71. The summed E-state index contributed by atoms with van der Waals surface area (Å²) in [6.07, 6.45) is 6.01. The molecule has 28 heavy (non-hydrogen) atoms. The molecule has 0 amide bonds. The van der Waals surface area contributed by atoms with Crippen molar-refractivity contribution in [3.8, 4) is 5.88 Å². The molecule has 7 heteroatoms. The summed E-state index contributed by atoms with van der Waals surface area (Å²) in [6, 6.07) is 6.66. The van der Waals surface area contributed by atoms with Crippen molar-refractivity contribution < 1.29 is 9.84 Å². The summed E-state index contributed by atoms with van der Waals surface area (Å²) in [7, 11) is 1.73. The number of anilines is 1. The molecule has 3 aromatic rings. The Bertz CT molecular complexity index is 1010. The van der Waals surface area contributed by atoms with E-state index in [2.05, 4.69) is 38.4 Å². The zero-order valence-corrected chi connectivity index (χ0v) is 16.1. The lowest BCUT2D eigenvalue weighted by Crippen LogP contribution is -2.52. The highest BCUT2D eigenvalue weighted by Gasteiger charge is 2.28. The highest BCUT2D eigenvalue weighted by Crippen LogP contribution is 2.29. The van der Waals surface area contributed by atoms with Crippen LogP contribution in [0.15, 0.2) is 30.6 Å². The van der Waals surface area contributed by atoms with Gasteiger partial charge in [-0.1, -0.05) is 18.2 Å². The molecule has 146 valence electrons. The minimum Gasteiger partial charge on any atom is -0.494 e. The van der Waals surface area contributed by atoms with E-state index in [4.69, 9.17) is 4.74 Å². The highest BCUT2D eigenvalue weighted by atomic mass is 16.5. The number of methoxy groups -OCH3 is 1. The number of hydrogen-bond donors (Lipinski definition) is 2. The highest BCUT2D eigenvalue weighted by molar-refractivity contribution is 5.84. The second-order valence-electron chi connectivity index (χ2n) is 7.67. The topological polar surface area (TPSA) is 75.4 Å². The molecule has 4 heterocycles. The molecule has 0 radical (unpaired) electrons. The van der Waals surface area contributed by atoms with Crippen LogP contribution in [0.4, 0.5) is 5.95 Å². The lowest BCUT2D eigenvalue weighted by atomic mass is 10.00.